The monoisotopic (exact) mass is 254 g/mol. The molecule has 19 heavy (non-hydrogen) atoms. The number of phenolic OH excluding ortho intramolecular Hbond substituents is 1. The largest absolute Gasteiger partial charge is 0.507 e. The van der Waals surface area contributed by atoms with E-state index >= 15 is 0 Å². The van der Waals surface area contributed by atoms with Gasteiger partial charge < -0.3 is 5.11 Å². The lowest BCUT2D eigenvalue weighted by atomic mass is 9.89. The third-order valence-electron chi connectivity index (χ3n) is 3.76. The molecule has 0 unspecified atom stereocenters. The topological polar surface area (TPSA) is 20.2 Å². The zero-order valence-corrected chi connectivity index (χ0v) is 12.0. The number of rotatable bonds is 4. The van der Waals surface area contributed by atoms with Crippen molar-refractivity contribution in [1.82, 2.24) is 0 Å². The Hall–Kier alpha value is -1.76. The van der Waals surface area contributed by atoms with Gasteiger partial charge >= 0.3 is 0 Å². The first-order chi connectivity index (χ1) is 9.22. The SMILES string of the molecule is CCc1cc(CC)c(-c2ccccc2)c(O)c1CC. The number of aryl methyl sites for hydroxylation is 2. The van der Waals surface area contributed by atoms with Gasteiger partial charge in [0.1, 0.15) is 5.75 Å². The summed E-state index contributed by atoms with van der Waals surface area (Å²) in [6, 6.07) is 12.5. The van der Waals surface area contributed by atoms with Crippen LogP contribution in [0.15, 0.2) is 36.4 Å². The van der Waals surface area contributed by atoms with Gasteiger partial charge in [-0.2, -0.15) is 0 Å². The number of hydrogen-bond acceptors (Lipinski definition) is 1. The van der Waals surface area contributed by atoms with Crippen molar-refractivity contribution in [1.29, 1.82) is 0 Å². The highest BCUT2D eigenvalue weighted by atomic mass is 16.3. The number of hydrogen-bond donors (Lipinski definition) is 1. The molecular weight excluding hydrogens is 232 g/mol. The lowest BCUT2D eigenvalue weighted by Gasteiger charge is -2.17. The Kier molecular flexibility index (Phi) is 4.26. The average molecular weight is 254 g/mol. The van der Waals surface area contributed by atoms with Crippen LogP contribution in [0.4, 0.5) is 0 Å². The molecule has 100 valence electrons. The van der Waals surface area contributed by atoms with Crippen LogP contribution in [0.5, 0.6) is 5.75 Å². The van der Waals surface area contributed by atoms with Crippen molar-refractivity contribution in [2.24, 2.45) is 0 Å². The first kappa shape index (κ1) is 13.7. The van der Waals surface area contributed by atoms with Crippen LogP contribution in [0, 0.1) is 0 Å². The summed E-state index contributed by atoms with van der Waals surface area (Å²) in [5.74, 6) is 0.477. The van der Waals surface area contributed by atoms with E-state index in [9.17, 15) is 5.11 Å². The molecule has 0 spiro atoms. The molecule has 0 bridgehead atoms. The maximum Gasteiger partial charge on any atom is 0.127 e. The quantitative estimate of drug-likeness (QED) is 0.835. The summed E-state index contributed by atoms with van der Waals surface area (Å²) >= 11 is 0. The third kappa shape index (κ3) is 2.51. The molecule has 0 saturated carbocycles. The predicted molar refractivity (Wildman–Crippen MR) is 81.7 cm³/mol. The molecule has 0 heterocycles. The van der Waals surface area contributed by atoms with E-state index in [1.807, 2.05) is 18.2 Å². The Morgan fingerprint density at radius 2 is 1.47 bits per heavy atom. The van der Waals surface area contributed by atoms with Crippen LogP contribution in [-0.4, -0.2) is 5.11 Å². The zero-order chi connectivity index (χ0) is 13.8. The maximum atomic E-state index is 10.7. The van der Waals surface area contributed by atoms with Gasteiger partial charge in [-0.1, -0.05) is 57.2 Å². The number of phenols is 1. The van der Waals surface area contributed by atoms with Crippen molar-refractivity contribution < 1.29 is 5.11 Å². The molecular formula is C18H22O. The van der Waals surface area contributed by atoms with Gasteiger partial charge in [0.15, 0.2) is 0 Å². The minimum atomic E-state index is 0.477. The molecule has 0 amide bonds. The smallest absolute Gasteiger partial charge is 0.127 e. The van der Waals surface area contributed by atoms with Crippen molar-refractivity contribution >= 4 is 0 Å². The van der Waals surface area contributed by atoms with Crippen LogP contribution in [0.2, 0.25) is 0 Å². The Morgan fingerprint density at radius 1 is 0.842 bits per heavy atom. The Labute approximate surface area is 115 Å². The maximum absolute atomic E-state index is 10.7. The second kappa shape index (κ2) is 5.92. The fourth-order valence-electron chi connectivity index (χ4n) is 2.74. The number of aromatic hydroxyl groups is 1. The first-order valence-corrected chi connectivity index (χ1v) is 7.14. The van der Waals surface area contributed by atoms with E-state index in [-0.39, 0.29) is 0 Å². The summed E-state index contributed by atoms with van der Waals surface area (Å²) in [7, 11) is 0. The Morgan fingerprint density at radius 3 is 2.00 bits per heavy atom. The molecule has 0 aliphatic carbocycles. The summed E-state index contributed by atoms with van der Waals surface area (Å²) < 4.78 is 0. The van der Waals surface area contributed by atoms with Crippen molar-refractivity contribution in [3.63, 3.8) is 0 Å². The standard InChI is InChI=1S/C18H22O/c1-4-13-12-14(5-2)17(18(19)16(13)6-3)15-10-8-7-9-11-15/h7-12,19H,4-6H2,1-3H3. The van der Waals surface area contributed by atoms with E-state index in [1.54, 1.807) is 0 Å². The first-order valence-electron chi connectivity index (χ1n) is 7.14. The van der Waals surface area contributed by atoms with Crippen molar-refractivity contribution in [2.75, 3.05) is 0 Å². The second-order valence-electron chi connectivity index (χ2n) is 4.82. The highest BCUT2D eigenvalue weighted by molar-refractivity contribution is 5.76. The van der Waals surface area contributed by atoms with Crippen molar-refractivity contribution in [3.05, 3.63) is 53.1 Å². The van der Waals surface area contributed by atoms with Gasteiger partial charge in [0.05, 0.1) is 0 Å². The molecule has 0 aliphatic rings. The summed E-state index contributed by atoms with van der Waals surface area (Å²) in [6.45, 7) is 6.40. The van der Waals surface area contributed by atoms with Crippen LogP contribution in [-0.2, 0) is 19.3 Å². The molecule has 0 saturated heterocycles. The minimum absolute atomic E-state index is 0.477. The van der Waals surface area contributed by atoms with Gasteiger partial charge in [-0.05, 0) is 41.5 Å². The lowest BCUT2D eigenvalue weighted by Crippen LogP contribution is -1.98. The van der Waals surface area contributed by atoms with E-state index in [4.69, 9.17) is 0 Å². The van der Waals surface area contributed by atoms with Crippen LogP contribution in [0.3, 0.4) is 0 Å². The number of benzene rings is 2. The van der Waals surface area contributed by atoms with Gasteiger partial charge in [0, 0.05) is 5.56 Å². The van der Waals surface area contributed by atoms with E-state index < -0.39 is 0 Å². The molecule has 0 fully saturated rings. The van der Waals surface area contributed by atoms with E-state index in [2.05, 4.69) is 39.0 Å². The normalized spacial score (nSPS) is 10.7. The lowest BCUT2D eigenvalue weighted by molar-refractivity contribution is 0.469. The fourth-order valence-corrected chi connectivity index (χ4v) is 2.74. The molecule has 1 N–H and O–H groups in total. The van der Waals surface area contributed by atoms with Crippen LogP contribution >= 0.6 is 0 Å². The summed E-state index contributed by atoms with van der Waals surface area (Å²) in [6.07, 6.45) is 2.78. The third-order valence-corrected chi connectivity index (χ3v) is 3.76. The summed E-state index contributed by atoms with van der Waals surface area (Å²) in [5.41, 5.74) is 5.72. The van der Waals surface area contributed by atoms with Gasteiger partial charge in [0.25, 0.3) is 0 Å². The Balaban J connectivity index is 2.72. The second-order valence-corrected chi connectivity index (χ2v) is 4.82. The van der Waals surface area contributed by atoms with Gasteiger partial charge in [0.2, 0.25) is 0 Å². The fraction of sp³-hybridized carbons (Fsp3) is 0.333. The van der Waals surface area contributed by atoms with Gasteiger partial charge in [-0.15, -0.1) is 0 Å². The zero-order valence-electron chi connectivity index (χ0n) is 12.0. The van der Waals surface area contributed by atoms with Crippen molar-refractivity contribution in [2.45, 2.75) is 40.0 Å². The Bertz CT molecular complexity index is 556. The molecule has 0 aliphatic heterocycles. The van der Waals surface area contributed by atoms with Gasteiger partial charge in [-0.3, -0.25) is 0 Å². The summed E-state index contributed by atoms with van der Waals surface area (Å²) in [5, 5.41) is 10.7. The molecule has 1 nitrogen and oxygen atoms in total. The molecule has 1 heteroatoms. The van der Waals surface area contributed by atoms with Crippen LogP contribution in [0.1, 0.15) is 37.5 Å². The molecule has 0 atom stereocenters. The van der Waals surface area contributed by atoms with Crippen LogP contribution < -0.4 is 0 Å². The highest BCUT2D eigenvalue weighted by Gasteiger charge is 2.16. The van der Waals surface area contributed by atoms with E-state index in [1.165, 1.54) is 11.1 Å². The predicted octanol–water partition coefficient (Wildman–Crippen LogP) is 4.75. The summed E-state index contributed by atoms with van der Waals surface area (Å²) in [4.78, 5) is 0. The molecule has 0 aromatic heterocycles. The minimum Gasteiger partial charge on any atom is -0.507 e. The molecule has 2 rings (SSSR count). The van der Waals surface area contributed by atoms with Crippen LogP contribution in [0.25, 0.3) is 11.1 Å². The van der Waals surface area contributed by atoms with E-state index in [0.717, 1.165) is 36.0 Å². The highest BCUT2D eigenvalue weighted by Crippen LogP contribution is 2.38. The molecule has 2 aromatic carbocycles. The molecule has 2 aromatic rings. The van der Waals surface area contributed by atoms with Crippen molar-refractivity contribution in [3.8, 4) is 16.9 Å². The van der Waals surface area contributed by atoms with Gasteiger partial charge in [-0.25, -0.2) is 0 Å². The van der Waals surface area contributed by atoms with E-state index in [0.29, 0.717) is 5.75 Å². The molecule has 0 radical (unpaired) electrons. The average Bonchev–Trinajstić information content (AvgIpc) is 2.46.